The van der Waals surface area contributed by atoms with Gasteiger partial charge in [-0.15, -0.1) is 0 Å². The molecule has 4 heteroatoms. The van der Waals surface area contributed by atoms with Crippen molar-refractivity contribution >= 4 is 11.9 Å². The maximum Gasteiger partial charge on any atom is 0.153 e. The normalized spacial score (nSPS) is 11.2. The van der Waals surface area contributed by atoms with Gasteiger partial charge in [0, 0.05) is 20.3 Å². The molecule has 4 nitrogen and oxygen atoms in total. The van der Waals surface area contributed by atoms with Crippen molar-refractivity contribution in [2.75, 3.05) is 14.1 Å². The lowest BCUT2D eigenvalue weighted by molar-refractivity contribution is -0.103. The Balaban J connectivity index is 3.01. The lowest BCUT2D eigenvalue weighted by Gasteiger charge is -2.06. The quantitative estimate of drug-likeness (QED) is 0.525. The number of hydrogen-bond acceptors (Lipinski definition) is 4. The molecular formula is C10H13N3O. The number of carbonyl (C=O) groups excluding carboxylic acids is 1. The van der Waals surface area contributed by atoms with Crippen molar-refractivity contribution in [1.82, 2.24) is 15.1 Å². The summed E-state index contributed by atoms with van der Waals surface area (Å²) in [7, 11) is 3.70. The number of aldehydes is 1. The average molecular weight is 191 g/mol. The van der Waals surface area contributed by atoms with E-state index in [-0.39, 0.29) is 0 Å². The number of aromatic nitrogens is 2. The summed E-state index contributed by atoms with van der Waals surface area (Å²) in [6.07, 6.45) is 2.49. The van der Waals surface area contributed by atoms with Crippen molar-refractivity contribution in [3.63, 3.8) is 0 Å². The molecule has 1 rings (SSSR count). The fourth-order valence-corrected chi connectivity index (χ4v) is 0.988. The smallest absolute Gasteiger partial charge is 0.153 e. The van der Waals surface area contributed by atoms with Gasteiger partial charge in [-0.05, 0) is 19.1 Å². The second-order valence-electron chi connectivity index (χ2n) is 3.23. The Kier molecular flexibility index (Phi) is 3.34. The average Bonchev–Trinajstić information content (AvgIpc) is 2.15. The number of aryl methyl sites for hydroxylation is 1. The Morgan fingerprint density at radius 2 is 2.07 bits per heavy atom. The predicted octanol–water partition coefficient (Wildman–Crippen LogP) is 0.886. The second kappa shape index (κ2) is 4.50. The summed E-state index contributed by atoms with van der Waals surface area (Å²) >= 11 is 0. The van der Waals surface area contributed by atoms with E-state index in [0.717, 1.165) is 12.0 Å². The molecule has 1 aromatic heterocycles. The van der Waals surface area contributed by atoms with Crippen LogP contribution < -0.4 is 0 Å². The zero-order valence-electron chi connectivity index (χ0n) is 8.56. The summed E-state index contributed by atoms with van der Waals surface area (Å²) in [5, 5.41) is 7.81. The number of carbonyl (C=O) groups is 1. The van der Waals surface area contributed by atoms with Crippen LogP contribution in [0.15, 0.2) is 18.3 Å². The fourth-order valence-electron chi connectivity index (χ4n) is 0.988. The molecular weight excluding hydrogens is 178 g/mol. The Hall–Kier alpha value is -1.71. The summed E-state index contributed by atoms with van der Waals surface area (Å²) in [4.78, 5) is 12.6. The minimum atomic E-state index is 0.530. The zero-order valence-corrected chi connectivity index (χ0v) is 8.56. The van der Waals surface area contributed by atoms with Crippen LogP contribution in [0.4, 0.5) is 0 Å². The van der Waals surface area contributed by atoms with Crippen LogP contribution in [0.1, 0.15) is 11.4 Å². The van der Waals surface area contributed by atoms with Gasteiger partial charge >= 0.3 is 0 Å². The minimum Gasteiger partial charge on any atom is -0.383 e. The highest BCUT2D eigenvalue weighted by Gasteiger charge is 2.02. The molecule has 0 aromatic carbocycles. The molecule has 0 bridgehead atoms. The van der Waals surface area contributed by atoms with Gasteiger partial charge < -0.3 is 4.90 Å². The van der Waals surface area contributed by atoms with Crippen molar-refractivity contribution < 1.29 is 4.79 Å². The molecule has 14 heavy (non-hydrogen) atoms. The summed E-state index contributed by atoms with van der Waals surface area (Å²) in [6.45, 7) is 1.85. The van der Waals surface area contributed by atoms with Crippen LogP contribution in [-0.2, 0) is 4.79 Å². The predicted molar refractivity (Wildman–Crippen MR) is 54.5 cm³/mol. The summed E-state index contributed by atoms with van der Waals surface area (Å²) < 4.78 is 0. The van der Waals surface area contributed by atoms with Crippen LogP contribution in [0, 0.1) is 6.92 Å². The summed E-state index contributed by atoms with van der Waals surface area (Å²) in [5.74, 6) is 0. The third-order valence-corrected chi connectivity index (χ3v) is 1.62. The van der Waals surface area contributed by atoms with Crippen molar-refractivity contribution in [3.8, 4) is 0 Å². The monoisotopic (exact) mass is 191 g/mol. The SMILES string of the molecule is Cc1ccc(C(C=O)=CN(C)C)nn1. The Labute approximate surface area is 83.3 Å². The molecule has 0 saturated heterocycles. The molecule has 0 aliphatic heterocycles. The van der Waals surface area contributed by atoms with E-state index in [9.17, 15) is 4.79 Å². The summed E-state index contributed by atoms with van der Waals surface area (Å²) in [6, 6.07) is 3.61. The third-order valence-electron chi connectivity index (χ3n) is 1.62. The van der Waals surface area contributed by atoms with Crippen LogP contribution in [0.25, 0.3) is 5.57 Å². The molecule has 1 aromatic rings. The number of hydrogen-bond donors (Lipinski definition) is 0. The van der Waals surface area contributed by atoms with Crippen LogP contribution in [-0.4, -0.2) is 35.5 Å². The molecule has 0 atom stereocenters. The van der Waals surface area contributed by atoms with Crippen molar-refractivity contribution in [1.29, 1.82) is 0 Å². The standard InChI is InChI=1S/C10H13N3O/c1-8-4-5-10(12-11-8)9(7-14)6-13(2)3/h4-7H,1-3H3. The van der Waals surface area contributed by atoms with Crippen LogP contribution in [0.3, 0.4) is 0 Å². The minimum absolute atomic E-state index is 0.530. The number of rotatable bonds is 3. The molecule has 0 amide bonds. The molecule has 1 heterocycles. The topological polar surface area (TPSA) is 46.1 Å². The highest BCUT2D eigenvalue weighted by Crippen LogP contribution is 2.08. The fraction of sp³-hybridized carbons (Fsp3) is 0.300. The lowest BCUT2D eigenvalue weighted by Crippen LogP contribution is -2.04. The first-order valence-corrected chi connectivity index (χ1v) is 4.27. The van der Waals surface area contributed by atoms with E-state index in [1.165, 1.54) is 0 Å². The Morgan fingerprint density at radius 1 is 1.36 bits per heavy atom. The molecule has 0 radical (unpaired) electrons. The largest absolute Gasteiger partial charge is 0.383 e. The molecule has 74 valence electrons. The van der Waals surface area contributed by atoms with E-state index in [4.69, 9.17) is 0 Å². The Morgan fingerprint density at radius 3 is 2.50 bits per heavy atom. The summed E-state index contributed by atoms with van der Waals surface area (Å²) in [5.41, 5.74) is 1.96. The second-order valence-corrected chi connectivity index (χ2v) is 3.23. The van der Waals surface area contributed by atoms with Gasteiger partial charge in [0.2, 0.25) is 0 Å². The highest BCUT2D eigenvalue weighted by molar-refractivity contribution is 6.05. The van der Waals surface area contributed by atoms with E-state index < -0.39 is 0 Å². The molecule has 0 saturated carbocycles. The van der Waals surface area contributed by atoms with Gasteiger partial charge in [-0.25, -0.2) is 0 Å². The number of allylic oxidation sites excluding steroid dienone is 1. The van der Waals surface area contributed by atoms with Gasteiger partial charge in [0.25, 0.3) is 0 Å². The van der Waals surface area contributed by atoms with E-state index >= 15 is 0 Å². The Bertz CT molecular complexity index is 341. The molecule has 0 aliphatic rings. The maximum atomic E-state index is 10.8. The van der Waals surface area contributed by atoms with Crippen LogP contribution in [0.2, 0.25) is 0 Å². The van der Waals surface area contributed by atoms with Gasteiger partial charge in [-0.3, -0.25) is 4.79 Å². The van der Waals surface area contributed by atoms with Crippen molar-refractivity contribution in [2.24, 2.45) is 0 Å². The zero-order chi connectivity index (χ0) is 10.6. The maximum absolute atomic E-state index is 10.8. The molecule has 0 N–H and O–H groups in total. The lowest BCUT2D eigenvalue weighted by atomic mass is 10.2. The van der Waals surface area contributed by atoms with Gasteiger partial charge in [-0.2, -0.15) is 10.2 Å². The first-order chi connectivity index (χ1) is 6.63. The first kappa shape index (κ1) is 10.4. The van der Waals surface area contributed by atoms with Gasteiger partial charge in [0.05, 0.1) is 17.0 Å². The van der Waals surface area contributed by atoms with Gasteiger partial charge in [0.1, 0.15) is 0 Å². The van der Waals surface area contributed by atoms with Crippen molar-refractivity contribution in [3.05, 3.63) is 29.7 Å². The van der Waals surface area contributed by atoms with Gasteiger partial charge in [-0.1, -0.05) is 0 Å². The first-order valence-electron chi connectivity index (χ1n) is 4.27. The van der Waals surface area contributed by atoms with Crippen molar-refractivity contribution in [2.45, 2.75) is 6.92 Å². The van der Waals surface area contributed by atoms with E-state index in [0.29, 0.717) is 11.3 Å². The van der Waals surface area contributed by atoms with Crippen LogP contribution >= 0.6 is 0 Å². The van der Waals surface area contributed by atoms with Crippen LogP contribution in [0.5, 0.6) is 0 Å². The number of nitrogens with zero attached hydrogens (tertiary/aromatic N) is 3. The third kappa shape index (κ3) is 2.65. The van der Waals surface area contributed by atoms with Gasteiger partial charge in [0.15, 0.2) is 6.29 Å². The van der Waals surface area contributed by atoms with E-state index in [1.807, 2.05) is 27.1 Å². The molecule has 0 spiro atoms. The highest BCUT2D eigenvalue weighted by atomic mass is 16.1. The molecule has 0 unspecified atom stereocenters. The van der Waals surface area contributed by atoms with E-state index in [2.05, 4.69) is 10.2 Å². The molecule has 0 aliphatic carbocycles. The molecule has 0 fully saturated rings. The van der Waals surface area contributed by atoms with E-state index in [1.54, 1.807) is 17.2 Å².